The van der Waals surface area contributed by atoms with Crippen LogP contribution in [-0.4, -0.2) is 51.7 Å². The highest BCUT2D eigenvalue weighted by atomic mass is 32.1. The number of carbonyl (C=O) groups is 1. The van der Waals surface area contributed by atoms with Crippen molar-refractivity contribution in [3.63, 3.8) is 0 Å². The molecule has 0 unspecified atom stereocenters. The number of hydrogen-bond acceptors (Lipinski definition) is 7. The number of nitrogens with one attached hydrogen (secondary N) is 1. The van der Waals surface area contributed by atoms with Gasteiger partial charge in [0.15, 0.2) is 10.8 Å². The zero-order chi connectivity index (χ0) is 19.6. The summed E-state index contributed by atoms with van der Waals surface area (Å²) in [6, 6.07) is 2.17. The van der Waals surface area contributed by atoms with Gasteiger partial charge in [-0.25, -0.2) is 15.0 Å². The van der Waals surface area contributed by atoms with Crippen LogP contribution in [0.25, 0.3) is 11.2 Å². The molecular weight excluding hydrogens is 388 g/mol. The van der Waals surface area contributed by atoms with Crippen molar-refractivity contribution in [3.05, 3.63) is 35.2 Å². The normalized spacial score (nSPS) is 17.9. The lowest BCUT2D eigenvalue weighted by Crippen LogP contribution is -2.23. The van der Waals surface area contributed by atoms with Crippen molar-refractivity contribution in [1.82, 2.24) is 24.8 Å². The lowest BCUT2D eigenvalue weighted by atomic mass is 10.1. The number of pyridine rings is 1. The molecular formula is C20H24N6O2S. The monoisotopic (exact) mass is 412 g/mol. The molecule has 5 rings (SSSR count). The third-order valence-electron chi connectivity index (χ3n) is 5.61. The Labute approximate surface area is 172 Å². The Morgan fingerprint density at radius 2 is 2.07 bits per heavy atom. The molecule has 5 heterocycles. The van der Waals surface area contributed by atoms with Crippen molar-refractivity contribution >= 4 is 33.5 Å². The van der Waals surface area contributed by atoms with Crippen molar-refractivity contribution < 1.29 is 9.53 Å². The predicted molar refractivity (Wildman–Crippen MR) is 111 cm³/mol. The number of carbonyl (C=O) groups excluding carboxylic acids is 1. The summed E-state index contributed by atoms with van der Waals surface area (Å²) in [4.78, 5) is 28.5. The first kappa shape index (κ1) is 18.5. The summed E-state index contributed by atoms with van der Waals surface area (Å²) >= 11 is 1.64. The third kappa shape index (κ3) is 3.84. The highest BCUT2D eigenvalue weighted by Crippen LogP contribution is 2.25. The number of thiazole rings is 1. The number of nitrogens with zero attached hydrogens (tertiary/aromatic N) is 5. The van der Waals surface area contributed by atoms with Crippen molar-refractivity contribution in [2.45, 2.75) is 38.3 Å². The van der Waals surface area contributed by atoms with Gasteiger partial charge >= 0.3 is 0 Å². The standard InChI is InChI=1S/C20H24N6O2S/c27-19(22-11-15-12-29-20(24-15)25-5-1-2-6-25)14-9-17-18(21-10-14)26(13-23-17)16-3-7-28-8-4-16/h9-10,12-13,16H,1-8,11H2,(H,22,27). The minimum absolute atomic E-state index is 0.157. The van der Waals surface area contributed by atoms with Gasteiger partial charge in [0.25, 0.3) is 5.91 Å². The number of ether oxygens (including phenoxy) is 1. The third-order valence-corrected chi connectivity index (χ3v) is 6.56. The van der Waals surface area contributed by atoms with Gasteiger partial charge in [0, 0.05) is 43.9 Å². The van der Waals surface area contributed by atoms with Crippen molar-refractivity contribution in [3.8, 4) is 0 Å². The highest BCUT2D eigenvalue weighted by Gasteiger charge is 2.20. The van der Waals surface area contributed by atoms with E-state index in [4.69, 9.17) is 4.74 Å². The van der Waals surface area contributed by atoms with Crippen LogP contribution in [0.3, 0.4) is 0 Å². The van der Waals surface area contributed by atoms with E-state index in [9.17, 15) is 4.79 Å². The van der Waals surface area contributed by atoms with Gasteiger partial charge in [0.05, 0.1) is 24.1 Å². The first-order valence-corrected chi connectivity index (χ1v) is 11.0. The second kappa shape index (κ2) is 8.08. The Balaban J connectivity index is 1.25. The largest absolute Gasteiger partial charge is 0.381 e. The summed E-state index contributed by atoms with van der Waals surface area (Å²) in [6.07, 6.45) is 7.83. The fraction of sp³-hybridized carbons (Fsp3) is 0.500. The van der Waals surface area contributed by atoms with E-state index in [0.29, 0.717) is 18.2 Å². The average molecular weight is 413 g/mol. The molecule has 29 heavy (non-hydrogen) atoms. The number of aromatic nitrogens is 4. The summed E-state index contributed by atoms with van der Waals surface area (Å²) in [5, 5.41) is 6.02. The zero-order valence-corrected chi connectivity index (χ0v) is 17.0. The molecule has 0 bridgehead atoms. The second-order valence-electron chi connectivity index (χ2n) is 7.56. The molecule has 2 aliphatic rings. The Bertz CT molecular complexity index is 1000. The van der Waals surface area contributed by atoms with Crippen LogP contribution in [0.5, 0.6) is 0 Å². The van der Waals surface area contributed by atoms with E-state index in [1.54, 1.807) is 17.5 Å². The number of anilines is 1. The molecule has 1 N–H and O–H groups in total. The van der Waals surface area contributed by atoms with Gasteiger partial charge in [-0.05, 0) is 31.7 Å². The molecule has 9 heteroatoms. The van der Waals surface area contributed by atoms with Crippen LogP contribution in [0.4, 0.5) is 5.13 Å². The summed E-state index contributed by atoms with van der Waals surface area (Å²) in [5.41, 5.74) is 2.98. The molecule has 0 radical (unpaired) electrons. The molecule has 2 fully saturated rings. The summed E-state index contributed by atoms with van der Waals surface area (Å²) in [5.74, 6) is -0.157. The number of amides is 1. The van der Waals surface area contributed by atoms with Gasteiger partial charge < -0.3 is 19.5 Å². The molecule has 0 saturated carbocycles. The molecule has 2 aliphatic heterocycles. The minimum atomic E-state index is -0.157. The number of rotatable bonds is 5. The van der Waals surface area contributed by atoms with Crippen molar-refractivity contribution in [2.75, 3.05) is 31.2 Å². The fourth-order valence-corrected chi connectivity index (χ4v) is 4.86. The Morgan fingerprint density at radius 3 is 2.90 bits per heavy atom. The maximum Gasteiger partial charge on any atom is 0.253 e. The van der Waals surface area contributed by atoms with Crippen molar-refractivity contribution in [2.24, 2.45) is 0 Å². The van der Waals surface area contributed by atoms with E-state index in [2.05, 4.69) is 29.7 Å². The van der Waals surface area contributed by atoms with Gasteiger partial charge in [0.1, 0.15) is 5.52 Å². The van der Waals surface area contributed by atoms with Crippen LogP contribution in [0.1, 0.15) is 47.8 Å². The maximum atomic E-state index is 12.6. The van der Waals surface area contributed by atoms with Gasteiger partial charge in [-0.3, -0.25) is 4.79 Å². The summed E-state index contributed by atoms with van der Waals surface area (Å²) < 4.78 is 7.55. The van der Waals surface area contributed by atoms with E-state index in [1.807, 2.05) is 17.8 Å². The molecule has 0 aromatic carbocycles. The average Bonchev–Trinajstić information content (AvgIpc) is 3.52. The lowest BCUT2D eigenvalue weighted by Gasteiger charge is -2.23. The number of imidazole rings is 1. The second-order valence-corrected chi connectivity index (χ2v) is 8.40. The van der Waals surface area contributed by atoms with E-state index >= 15 is 0 Å². The van der Waals surface area contributed by atoms with Crippen LogP contribution in [0.2, 0.25) is 0 Å². The van der Waals surface area contributed by atoms with Gasteiger partial charge in [-0.15, -0.1) is 11.3 Å². The Morgan fingerprint density at radius 1 is 1.24 bits per heavy atom. The van der Waals surface area contributed by atoms with Crippen LogP contribution >= 0.6 is 11.3 Å². The molecule has 0 atom stereocenters. The first-order chi connectivity index (χ1) is 14.3. The van der Waals surface area contributed by atoms with Crippen LogP contribution in [0.15, 0.2) is 24.0 Å². The number of fused-ring (bicyclic) bond motifs is 1. The molecule has 3 aromatic heterocycles. The van der Waals surface area contributed by atoms with Gasteiger partial charge in [0.2, 0.25) is 0 Å². The lowest BCUT2D eigenvalue weighted by molar-refractivity contribution is 0.0704. The number of hydrogen-bond donors (Lipinski definition) is 1. The molecule has 152 valence electrons. The fourth-order valence-electron chi connectivity index (χ4n) is 3.98. The molecule has 0 aliphatic carbocycles. The van der Waals surface area contributed by atoms with Crippen LogP contribution in [-0.2, 0) is 11.3 Å². The Hall–Kier alpha value is -2.52. The predicted octanol–water partition coefficient (Wildman–Crippen LogP) is 2.77. The smallest absolute Gasteiger partial charge is 0.253 e. The van der Waals surface area contributed by atoms with E-state index < -0.39 is 0 Å². The first-order valence-electron chi connectivity index (χ1n) is 10.2. The quantitative estimate of drug-likeness (QED) is 0.694. The summed E-state index contributed by atoms with van der Waals surface area (Å²) in [7, 11) is 0. The van der Waals surface area contributed by atoms with E-state index in [-0.39, 0.29) is 5.91 Å². The molecule has 1 amide bonds. The van der Waals surface area contributed by atoms with Crippen LogP contribution in [0, 0.1) is 0 Å². The highest BCUT2D eigenvalue weighted by molar-refractivity contribution is 7.13. The van der Waals surface area contributed by atoms with E-state index in [1.165, 1.54) is 12.8 Å². The molecule has 2 saturated heterocycles. The van der Waals surface area contributed by atoms with Gasteiger partial charge in [-0.2, -0.15) is 0 Å². The maximum absolute atomic E-state index is 12.6. The molecule has 0 spiro atoms. The zero-order valence-electron chi connectivity index (χ0n) is 16.2. The topological polar surface area (TPSA) is 85.2 Å². The molecule has 8 nitrogen and oxygen atoms in total. The molecule has 3 aromatic rings. The van der Waals surface area contributed by atoms with E-state index in [0.717, 1.165) is 61.1 Å². The van der Waals surface area contributed by atoms with Crippen LogP contribution < -0.4 is 10.2 Å². The van der Waals surface area contributed by atoms with Crippen molar-refractivity contribution in [1.29, 1.82) is 0 Å². The Kier molecular flexibility index (Phi) is 5.15. The minimum Gasteiger partial charge on any atom is -0.381 e. The van der Waals surface area contributed by atoms with Gasteiger partial charge in [-0.1, -0.05) is 0 Å². The SMILES string of the molecule is O=C(NCc1csc(N2CCCC2)n1)c1cnc2c(c1)ncn2C1CCOCC1. The summed E-state index contributed by atoms with van der Waals surface area (Å²) in [6.45, 7) is 4.09.